The maximum atomic E-state index is 12.1. The molecule has 1 aliphatic heterocycles. The van der Waals surface area contributed by atoms with Gasteiger partial charge in [-0.3, -0.25) is 10.0 Å². The van der Waals surface area contributed by atoms with E-state index >= 15 is 0 Å². The van der Waals surface area contributed by atoms with Gasteiger partial charge < -0.3 is 14.9 Å². The molecule has 0 bridgehead atoms. The first kappa shape index (κ1) is 17.2. The van der Waals surface area contributed by atoms with Crippen LogP contribution in [0.3, 0.4) is 0 Å². The predicted molar refractivity (Wildman–Crippen MR) is 92.4 cm³/mol. The number of amides is 1. The topological polar surface area (TPSA) is 71.0 Å². The van der Waals surface area contributed by atoms with Gasteiger partial charge in [-0.15, -0.1) is 0 Å². The average molecular weight is 340 g/mol. The Bertz CT molecular complexity index is 716. The Morgan fingerprint density at radius 3 is 2.52 bits per heavy atom. The van der Waals surface area contributed by atoms with Crippen molar-refractivity contribution in [3.63, 3.8) is 0 Å². The van der Waals surface area contributed by atoms with Gasteiger partial charge in [0.1, 0.15) is 6.26 Å². The van der Waals surface area contributed by atoms with E-state index in [9.17, 15) is 10.0 Å². The number of rotatable bonds is 7. The zero-order valence-electron chi connectivity index (χ0n) is 13.7. The van der Waals surface area contributed by atoms with Crippen molar-refractivity contribution in [2.75, 3.05) is 13.2 Å². The highest BCUT2D eigenvalue weighted by atomic mass is 16.9. The molecule has 0 aliphatic carbocycles. The summed E-state index contributed by atoms with van der Waals surface area (Å²) >= 11 is 0. The highest BCUT2D eigenvalue weighted by molar-refractivity contribution is 5.94. The van der Waals surface area contributed by atoms with E-state index in [-0.39, 0.29) is 5.91 Å². The normalized spacial score (nSPS) is 16.6. The second-order valence-corrected chi connectivity index (χ2v) is 5.55. The molecule has 1 aliphatic rings. The molecule has 130 valence electrons. The molecule has 2 N–H and O–H groups in total. The van der Waals surface area contributed by atoms with Crippen molar-refractivity contribution in [2.24, 2.45) is 0 Å². The number of hydrogen-bond donors (Lipinski definition) is 2. The molecule has 0 fully saturated rings. The van der Waals surface area contributed by atoms with Crippen molar-refractivity contribution in [1.29, 1.82) is 0 Å². The Balaban J connectivity index is 1.41. The first-order chi connectivity index (χ1) is 12.2. The number of carbonyl (C=O) groups excluding carboxylic acids is 1. The summed E-state index contributed by atoms with van der Waals surface area (Å²) in [6.45, 7) is 0.880. The summed E-state index contributed by atoms with van der Waals surface area (Å²) in [4.78, 5) is 16.8. The van der Waals surface area contributed by atoms with Gasteiger partial charge in [0.05, 0.1) is 6.61 Å². The van der Waals surface area contributed by atoms with Gasteiger partial charge in [0, 0.05) is 23.4 Å². The number of hydroxylamine groups is 2. The molecular formula is C19H20N2O4. The van der Waals surface area contributed by atoms with Crippen molar-refractivity contribution in [3.05, 3.63) is 72.5 Å². The first-order valence-corrected chi connectivity index (χ1v) is 8.11. The van der Waals surface area contributed by atoms with Gasteiger partial charge >= 0.3 is 0 Å². The fraction of sp³-hybridized carbons (Fsp3) is 0.211. The fourth-order valence-electron chi connectivity index (χ4n) is 2.44. The Kier molecular flexibility index (Phi) is 5.79. The van der Waals surface area contributed by atoms with Crippen LogP contribution in [0.15, 0.2) is 66.9 Å². The third-order valence-electron chi connectivity index (χ3n) is 3.78. The molecule has 0 radical (unpaired) electrons. The summed E-state index contributed by atoms with van der Waals surface area (Å²) in [6, 6.07) is 17.5. The smallest absolute Gasteiger partial charge is 0.251 e. The van der Waals surface area contributed by atoms with Gasteiger partial charge in [-0.25, -0.2) is 0 Å². The van der Waals surface area contributed by atoms with Gasteiger partial charge in [-0.2, -0.15) is 0 Å². The molecule has 3 rings (SSSR count). The molecule has 1 heterocycles. The summed E-state index contributed by atoms with van der Waals surface area (Å²) in [5.74, 6) is -0.118. The summed E-state index contributed by atoms with van der Waals surface area (Å²) in [5, 5.41) is 12.7. The van der Waals surface area contributed by atoms with E-state index in [0.717, 1.165) is 11.1 Å². The molecule has 25 heavy (non-hydrogen) atoms. The zero-order chi connectivity index (χ0) is 17.5. The Morgan fingerprint density at radius 1 is 1.12 bits per heavy atom. The van der Waals surface area contributed by atoms with Gasteiger partial charge in [0.15, 0.2) is 6.23 Å². The molecule has 2 aromatic rings. The monoisotopic (exact) mass is 340 g/mol. The van der Waals surface area contributed by atoms with Crippen LogP contribution in [0, 0.1) is 0 Å². The number of carbonyl (C=O) groups is 1. The molecular weight excluding hydrogens is 320 g/mol. The van der Waals surface area contributed by atoms with E-state index in [1.807, 2.05) is 54.6 Å². The molecule has 1 amide bonds. The van der Waals surface area contributed by atoms with E-state index in [4.69, 9.17) is 4.74 Å². The quantitative estimate of drug-likeness (QED) is 0.758. The standard InChI is InChI=1S/C19H20N2O4/c22-19(20-12-4-13-24-18-11-14-25-21(18)23)17-9-7-16(8-10-17)15-5-2-1-3-6-15/h1-3,5-11,14,18,23H,4,12-13H2,(H,20,22). The molecule has 6 heteroatoms. The molecule has 2 aromatic carbocycles. The van der Waals surface area contributed by atoms with Crippen molar-refractivity contribution in [2.45, 2.75) is 12.6 Å². The lowest BCUT2D eigenvalue weighted by molar-refractivity contribution is -0.352. The summed E-state index contributed by atoms with van der Waals surface area (Å²) in [5.41, 5.74) is 2.81. The summed E-state index contributed by atoms with van der Waals surface area (Å²) in [7, 11) is 0. The van der Waals surface area contributed by atoms with Crippen LogP contribution in [-0.4, -0.2) is 35.7 Å². The molecule has 0 saturated carbocycles. The molecule has 0 saturated heterocycles. The second kappa shape index (κ2) is 8.43. The third-order valence-corrected chi connectivity index (χ3v) is 3.78. The van der Waals surface area contributed by atoms with Crippen LogP contribution in [0.2, 0.25) is 0 Å². The molecule has 1 atom stereocenters. The fourth-order valence-corrected chi connectivity index (χ4v) is 2.44. The summed E-state index contributed by atoms with van der Waals surface area (Å²) < 4.78 is 5.38. The van der Waals surface area contributed by atoms with Crippen molar-refractivity contribution < 1.29 is 19.6 Å². The van der Waals surface area contributed by atoms with E-state index in [0.29, 0.717) is 30.4 Å². The van der Waals surface area contributed by atoms with E-state index < -0.39 is 6.23 Å². The number of ether oxygens (including phenoxy) is 1. The summed E-state index contributed by atoms with van der Waals surface area (Å²) in [6.07, 6.45) is 2.98. The van der Waals surface area contributed by atoms with E-state index in [1.54, 1.807) is 6.08 Å². The molecule has 6 nitrogen and oxygen atoms in total. The SMILES string of the molecule is O=C(NCCCOC1C=CON1O)c1ccc(-c2ccccc2)cc1. The van der Waals surface area contributed by atoms with Crippen molar-refractivity contribution >= 4 is 5.91 Å². The van der Waals surface area contributed by atoms with Crippen LogP contribution in [0.4, 0.5) is 0 Å². The number of benzene rings is 2. The highest BCUT2D eigenvalue weighted by Crippen LogP contribution is 2.19. The lowest BCUT2D eigenvalue weighted by Gasteiger charge is -2.15. The molecule has 1 unspecified atom stereocenters. The maximum absolute atomic E-state index is 12.1. The lowest BCUT2D eigenvalue weighted by atomic mass is 10.0. The van der Waals surface area contributed by atoms with Gasteiger partial charge in [0.2, 0.25) is 0 Å². The number of nitrogens with one attached hydrogen (secondary N) is 1. The Hall–Kier alpha value is -2.67. The van der Waals surface area contributed by atoms with Gasteiger partial charge in [-0.1, -0.05) is 42.5 Å². The van der Waals surface area contributed by atoms with Crippen LogP contribution >= 0.6 is 0 Å². The largest absolute Gasteiger partial charge is 0.386 e. The Labute approximate surface area is 146 Å². The maximum Gasteiger partial charge on any atom is 0.251 e. The first-order valence-electron chi connectivity index (χ1n) is 8.11. The van der Waals surface area contributed by atoms with Crippen molar-refractivity contribution in [1.82, 2.24) is 10.5 Å². The van der Waals surface area contributed by atoms with Crippen LogP contribution in [0.1, 0.15) is 16.8 Å². The Morgan fingerprint density at radius 2 is 1.84 bits per heavy atom. The van der Waals surface area contributed by atoms with E-state index in [1.165, 1.54) is 6.26 Å². The van der Waals surface area contributed by atoms with Crippen LogP contribution in [0.25, 0.3) is 11.1 Å². The molecule has 0 aromatic heterocycles. The molecule has 0 spiro atoms. The predicted octanol–water partition coefficient (Wildman–Crippen LogP) is 2.97. The number of nitrogens with zero attached hydrogens (tertiary/aromatic N) is 1. The van der Waals surface area contributed by atoms with Gasteiger partial charge in [-0.05, 0) is 29.7 Å². The van der Waals surface area contributed by atoms with Crippen LogP contribution in [0.5, 0.6) is 0 Å². The minimum Gasteiger partial charge on any atom is -0.386 e. The highest BCUT2D eigenvalue weighted by Gasteiger charge is 2.19. The number of hydrogen-bond acceptors (Lipinski definition) is 5. The van der Waals surface area contributed by atoms with E-state index in [2.05, 4.69) is 10.2 Å². The minimum atomic E-state index is -0.596. The third kappa shape index (κ3) is 4.67. The lowest BCUT2D eigenvalue weighted by Crippen LogP contribution is -2.29. The zero-order valence-corrected chi connectivity index (χ0v) is 13.7. The van der Waals surface area contributed by atoms with Crippen LogP contribution < -0.4 is 5.32 Å². The second-order valence-electron chi connectivity index (χ2n) is 5.55. The van der Waals surface area contributed by atoms with Gasteiger partial charge in [0.25, 0.3) is 5.91 Å². The van der Waals surface area contributed by atoms with Crippen LogP contribution in [-0.2, 0) is 9.57 Å². The average Bonchev–Trinajstić information content (AvgIpc) is 3.07. The minimum absolute atomic E-state index is 0.118. The van der Waals surface area contributed by atoms with Crippen molar-refractivity contribution in [3.8, 4) is 11.1 Å².